The lowest BCUT2D eigenvalue weighted by atomic mass is 10.1. The van der Waals surface area contributed by atoms with Gasteiger partial charge >= 0.3 is 6.09 Å². The molecule has 2 aromatic rings. The number of hydrogen-bond acceptors (Lipinski definition) is 4. The van der Waals surface area contributed by atoms with E-state index in [0.717, 1.165) is 44.2 Å². The lowest BCUT2D eigenvalue weighted by Crippen LogP contribution is -2.29. The number of allylic oxidation sites excluding steroid dienone is 1. The molecule has 1 saturated heterocycles. The fraction of sp³-hybridized carbons (Fsp3) is 0.421. The van der Waals surface area contributed by atoms with Crippen LogP contribution in [0.4, 0.5) is 4.79 Å². The van der Waals surface area contributed by atoms with Crippen LogP contribution >= 0.6 is 0 Å². The number of rotatable bonds is 8. The van der Waals surface area contributed by atoms with Gasteiger partial charge in [0.1, 0.15) is 5.65 Å². The molecule has 1 aliphatic rings. The lowest BCUT2D eigenvalue weighted by molar-refractivity contribution is -0.123. The minimum absolute atomic E-state index is 0.179. The zero-order chi connectivity index (χ0) is 17.6. The van der Waals surface area contributed by atoms with Crippen molar-refractivity contribution < 1.29 is 14.3 Å². The average Bonchev–Trinajstić information content (AvgIpc) is 3.19. The fourth-order valence-electron chi connectivity index (χ4n) is 2.97. The van der Waals surface area contributed by atoms with E-state index in [2.05, 4.69) is 15.5 Å². The van der Waals surface area contributed by atoms with Gasteiger partial charge in [-0.25, -0.2) is 14.7 Å². The number of nitrogens with zero attached hydrogens (tertiary/aromatic N) is 3. The molecular weight excluding hydrogens is 318 g/mol. The third-order valence-electron chi connectivity index (χ3n) is 4.32. The van der Waals surface area contributed by atoms with Gasteiger partial charge in [-0.1, -0.05) is 25.8 Å². The van der Waals surface area contributed by atoms with E-state index in [1.54, 1.807) is 12.3 Å². The number of carbonyl (C=O) groups is 2. The van der Waals surface area contributed by atoms with E-state index < -0.39 is 6.09 Å². The highest BCUT2D eigenvalue weighted by atomic mass is 16.6. The zero-order valence-electron chi connectivity index (χ0n) is 14.5. The molecule has 6 heteroatoms. The normalized spacial score (nSPS) is 16.2. The Balaban J connectivity index is 1.45. The summed E-state index contributed by atoms with van der Waals surface area (Å²) in [6, 6.07) is 6.10. The minimum atomic E-state index is -0.546. The van der Waals surface area contributed by atoms with E-state index in [-0.39, 0.29) is 11.7 Å². The Morgan fingerprint density at radius 3 is 2.92 bits per heavy atom. The second-order valence-corrected chi connectivity index (χ2v) is 6.17. The van der Waals surface area contributed by atoms with Crippen molar-refractivity contribution in [3.8, 4) is 0 Å². The maximum atomic E-state index is 12.1. The van der Waals surface area contributed by atoms with Crippen LogP contribution in [0.25, 0.3) is 5.65 Å². The van der Waals surface area contributed by atoms with Gasteiger partial charge in [0, 0.05) is 24.6 Å². The molecule has 0 aliphatic carbocycles. The summed E-state index contributed by atoms with van der Waals surface area (Å²) in [4.78, 5) is 29.4. The fourth-order valence-corrected chi connectivity index (χ4v) is 2.97. The van der Waals surface area contributed by atoms with Crippen molar-refractivity contribution in [3.63, 3.8) is 0 Å². The molecule has 2 amide bonds. The smallest absolute Gasteiger partial charge is 0.404 e. The summed E-state index contributed by atoms with van der Waals surface area (Å²) < 4.78 is 7.13. The number of fused-ring (bicyclic) bond motifs is 1. The predicted octanol–water partition coefficient (Wildman–Crippen LogP) is 3.71. The summed E-state index contributed by atoms with van der Waals surface area (Å²) in [6.45, 7) is 2.43. The Kier molecular flexibility index (Phi) is 5.48. The molecule has 3 rings (SSSR count). The van der Waals surface area contributed by atoms with Crippen LogP contribution in [0.2, 0.25) is 0 Å². The van der Waals surface area contributed by atoms with E-state index in [9.17, 15) is 9.59 Å². The molecule has 0 aromatic carbocycles. The van der Waals surface area contributed by atoms with E-state index >= 15 is 0 Å². The third-order valence-corrected chi connectivity index (χ3v) is 4.32. The van der Waals surface area contributed by atoms with Crippen molar-refractivity contribution in [2.24, 2.45) is 0 Å². The second kappa shape index (κ2) is 7.96. The number of carbonyl (C=O) groups excluding carboxylic acids is 2. The van der Waals surface area contributed by atoms with Gasteiger partial charge in [0.25, 0.3) is 5.91 Å². The van der Waals surface area contributed by atoms with Gasteiger partial charge in [-0.3, -0.25) is 4.79 Å². The van der Waals surface area contributed by atoms with Gasteiger partial charge in [-0.05, 0) is 43.9 Å². The van der Waals surface area contributed by atoms with E-state index in [0.29, 0.717) is 6.54 Å². The largest absolute Gasteiger partial charge is 0.422 e. The molecule has 0 bridgehead atoms. The number of hydrogen-bond donors (Lipinski definition) is 0. The van der Waals surface area contributed by atoms with Crippen LogP contribution < -0.4 is 0 Å². The Labute approximate surface area is 147 Å². The molecule has 2 aromatic heterocycles. The van der Waals surface area contributed by atoms with Crippen LogP contribution in [0.3, 0.4) is 0 Å². The number of ether oxygens (including phenoxy) is 1. The monoisotopic (exact) mass is 341 g/mol. The summed E-state index contributed by atoms with van der Waals surface area (Å²) in [5.74, 6) is -0.125. The van der Waals surface area contributed by atoms with Gasteiger partial charge in [-0.15, -0.1) is 0 Å². The number of aryl methyl sites for hydroxylation is 1. The maximum Gasteiger partial charge on any atom is 0.422 e. The second-order valence-electron chi connectivity index (χ2n) is 6.17. The van der Waals surface area contributed by atoms with Crippen molar-refractivity contribution in [1.29, 1.82) is 0 Å². The van der Waals surface area contributed by atoms with Crippen LogP contribution in [0.5, 0.6) is 0 Å². The number of unbranched alkanes of at least 4 members (excludes halogenated alkanes) is 3. The topological polar surface area (TPSA) is 63.9 Å². The lowest BCUT2D eigenvalue weighted by Gasteiger charge is -2.10. The van der Waals surface area contributed by atoms with Crippen molar-refractivity contribution in [3.05, 3.63) is 48.1 Å². The van der Waals surface area contributed by atoms with Crippen LogP contribution in [0.15, 0.2) is 42.4 Å². The van der Waals surface area contributed by atoms with Gasteiger partial charge in [-0.2, -0.15) is 0 Å². The minimum Gasteiger partial charge on any atom is -0.404 e. The average molecular weight is 341 g/mol. The van der Waals surface area contributed by atoms with Crippen LogP contribution in [-0.4, -0.2) is 32.8 Å². The number of aromatic nitrogens is 2. The Morgan fingerprint density at radius 2 is 2.08 bits per heavy atom. The highest BCUT2D eigenvalue weighted by Crippen LogP contribution is 2.18. The first-order valence-electron chi connectivity index (χ1n) is 8.85. The van der Waals surface area contributed by atoms with E-state index in [1.165, 1.54) is 10.6 Å². The molecule has 0 unspecified atom stereocenters. The number of amides is 2. The van der Waals surface area contributed by atoms with E-state index in [1.807, 2.05) is 25.3 Å². The number of imide groups is 1. The van der Waals surface area contributed by atoms with Crippen molar-refractivity contribution in [2.75, 3.05) is 6.54 Å². The molecule has 6 nitrogen and oxygen atoms in total. The molecule has 1 fully saturated rings. The molecule has 0 saturated carbocycles. The molecule has 0 spiro atoms. The summed E-state index contributed by atoms with van der Waals surface area (Å²) >= 11 is 0. The third kappa shape index (κ3) is 3.90. The van der Waals surface area contributed by atoms with Gasteiger partial charge < -0.3 is 9.14 Å². The summed E-state index contributed by atoms with van der Waals surface area (Å²) in [5.41, 5.74) is 2.17. The predicted molar refractivity (Wildman–Crippen MR) is 93.9 cm³/mol. The van der Waals surface area contributed by atoms with Crippen molar-refractivity contribution in [2.45, 2.75) is 45.4 Å². The molecule has 0 N–H and O–H groups in total. The first kappa shape index (κ1) is 17.2. The first-order valence-corrected chi connectivity index (χ1v) is 8.85. The van der Waals surface area contributed by atoms with Gasteiger partial charge in [0.05, 0.1) is 0 Å². The standard InChI is InChI=1S/C19H23N3O3/c1-2-3-10-16-18(23)22(19(24)25-16)13-6-4-5-8-15-9-7-11-17-20-12-14-21(15)17/h7,9-12,14H,2-6,8,13H2,1H3/b16-10+. The number of pyridine rings is 1. The van der Waals surface area contributed by atoms with Crippen LogP contribution in [0, 0.1) is 0 Å². The zero-order valence-corrected chi connectivity index (χ0v) is 14.5. The molecule has 0 atom stereocenters. The first-order chi connectivity index (χ1) is 12.2. The summed E-state index contributed by atoms with van der Waals surface area (Å²) in [6.07, 6.45) is 10.2. The Hall–Kier alpha value is -2.63. The molecule has 25 heavy (non-hydrogen) atoms. The quantitative estimate of drug-likeness (QED) is 0.542. The molecule has 132 valence electrons. The van der Waals surface area contributed by atoms with Gasteiger partial charge in [0.2, 0.25) is 0 Å². The summed E-state index contributed by atoms with van der Waals surface area (Å²) in [5, 5.41) is 0. The van der Waals surface area contributed by atoms with Crippen LogP contribution in [0.1, 0.15) is 44.7 Å². The summed E-state index contributed by atoms with van der Waals surface area (Å²) in [7, 11) is 0. The molecule has 3 heterocycles. The molecule has 0 radical (unpaired) electrons. The maximum absolute atomic E-state index is 12.1. The van der Waals surface area contributed by atoms with Crippen molar-refractivity contribution >= 4 is 17.6 Å². The van der Waals surface area contributed by atoms with Crippen LogP contribution in [-0.2, 0) is 16.0 Å². The Bertz CT molecular complexity index is 794. The molecule has 1 aliphatic heterocycles. The van der Waals surface area contributed by atoms with Gasteiger partial charge in [0.15, 0.2) is 5.76 Å². The van der Waals surface area contributed by atoms with Crippen molar-refractivity contribution in [1.82, 2.24) is 14.3 Å². The number of imidazole rings is 1. The number of cyclic esters (lactones) is 1. The molecular formula is C19H23N3O3. The highest BCUT2D eigenvalue weighted by Gasteiger charge is 2.35. The SMILES string of the molecule is CCC/C=C1/OC(=O)N(CCCCCc2cccc3nccn23)C1=O. The Morgan fingerprint density at radius 1 is 1.20 bits per heavy atom. The van der Waals surface area contributed by atoms with E-state index in [4.69, 9.17) is 4.74 Å². The highest BCUT2D eigenvalue weighted by molar-refractivity contribution is 6.07.